The molecule has 6 heteroatoms. The Morgan fingerprint density at radius 3 is 2.47 bits per heavy atom. The van der Waals surface area contributed by atoms with Crippen LogP contribution in [0.15, 0.2) is 0 Å². The number of carbonyl (C=O) groups excluding carboxylic acids is 1. The highest BCUT2D eigenvalue weighted by Crippen LogP contribution is 2.21. The third kappa shape index (κ3) is 5.04. The summed E-state index contributed by atoms with van der Waals surface area (Å²) in [6.07, 6.45) is 3.26. The molecule has 3 N–H and O–H groups in total. The minimum Gasteiger partial charge on any atom is -0.381 e. The molecule has 0 aliphatic carbocycles. The maximum absolute atomic E-state index is 12.0. The van der Waals surface area contributed by atoms with Crippen LogP contribution in [0.2, 0.25) is 0 Å². The average molecular weight is 283 g/mol. The fraction of sp³-hybridized carbons (Fsp3) is 0.909. The Labute approximate surface area is 114 Å². The van der Waals surface area contributed by atoms with Crippen LogP contribution in [0.4, 0.5) is 0 Å². The van der Waals surface area contributed by atoms with Crippen LogP contribution in [0.1, 0.15) is 26.7 Å². The van der Waals surface area contributed by atoms with E-state index < -0.39 is 5.54 Å². The fourth-order valence-electron chi connectivity index (χ4n) is 1.50. The van der Waals surface area contributed by atoms with Crippen molar-refractivity contribution in [3.63, 3.8) is 0 Å². The average Bonchev–Trinajstić information content (AvgIpc) is 2.27. The Balaban J connectivity index is 0.00000256. The maximum Gasteiger partial charge on any atom is 0.240 e. The van der Waals surface area contributed by atoms with Crippen molar-refractivity contribution in [2.75, 3.05) is 26.0 Å². The van der Waals surface area contributed by atoms with Crippen LogP contribution < -0.4 is 11.1 Å². The first-order valence-corrected chi connectivity index (χ1v) is 6.82. The van der Waals surface area contributed by atoms with Crippen LogP contribution in [-0.4, -0.2) is 42.2 Å². The van der Waals surface area contributed by atoms with Crippen LogP contribution in [0.5, 0.6) is 0 Å². The van der Waals surface area contributed by atoms with Gasteiger partial charge in [-0.3, -0.25) is 4.79 Å². The predicted octanol–water partition coefficient (Wildman–Crippen LogP) is 1.17. The zero-order chi connectivity index (χ0) is 12.2. The van der Waals surface area contributed by atoms with E-state index in [1.54, 1.807) is 11.8 Å². The Morgan fingerprint density at radius 1 is 1.47 bits per heavy atom. The summed E-state index contributed by atoms with van der Waals surface area (Å²) in [5, 5.41) is 2.94. The topological polar surface area (TPSA) is 64.4 Å². The number of hydrogen-bond acceptors (Lipinski definition) is 4. The van der Waals surface area contributed by atoms with Gasteiger partial charge in [0.05, 0.1) is 5.54 Å². The number of thioether (sulfide) groups is 1. The molecule has 1 heterocycles. The van der Waals surface area contributed by atoms with Gasteiger partial charge >= 0.3 is 0 Å². The molecule has 1 rings (SSSR count). The van der Waals surface area contributed by atoms with Gasteiger partial charge < -0.3 is 15.8 Å². The first-order valence-electron chi connectivity index (χ1n) is 5.60. The summed E-state index contributed by atoms with van der Waals surface area (Å²) in [7, 11) is 0. The van der Waals surface area contributed by atoms with Crippen LogP contribution in [0.25, 0.3) is 0 Å². The van der Waals surface area contributed by atoms with Crippen molar-refractivity contribution in [3.8, 4) is 0 Å². The Hall–Kier alpha value is 0.0300. The molecule has 1 aliphatic rings. The quantitative estimate of drug-likeness (QED) is 0.813. The summed E-state index contributed by atoms with van der Waals surface area (Å²) in [5.41, 5.74) is 5.35. The van der Waals surface area contributed by atoms with Gasteiger partial charge in [-0.15, -0.1) is 12.4 Å². The summed E-state index contributed by atoms with van der Waals surface area (Å²) in [4.78, 5) is 12.0. The number of rotatable bonds is 4. The molecule has 0 aromatic carbocycles. The van der Waals surface area contributed by atoms with E-state index in [4.69, 9.17) is 10.5 Å². The van der Waals surface area contributed by atoms with Gasteiger partial charge in [0.1, 0.15) is 0 Å². The van der Waals surface area contributed by atoms with Gasteiger partial charge in [-0.1, -0.05) is 0 Å². The van der Waals surface area contributed by atoms with Crippen molar-refractivity contribution < 1.29 is 9.53 Å². The number of ether oxygens (including phenoxy) is 1. The largest absolute Gasteiger partial charge is 0.381 e. The Morgan fingerprint density at radius 2 is 2.00 bits per heavy atom. The lowest BCUT2D eigenvalue weighted by atomic mass is 9.90. The third-order valence-electron chi connectivity index (χ3n) is 3.06. The van der Waals surface area contributed by atoms with E-state index in [2.05, 4.69) is 19.2 Å². The van der Waals surface area contributed by atoms with Gasteiger partial charge in [0.25, 0.3) is 0 Å². The molecule has 4 nitrogen and oxygen atoms in total. The molecule has 102 valence electrons. The highest BCUT2D eigenvalue weighted by atomic mass is 35.5. The van der Waals surface area contributed by atoms with Gasteiger partial charge in [-0.2, -0.15) is 11.8 Å². The van der Waals surface area contributed by atoms with E-state index in [-0.39, 0.29) is 23.1 Å². The van der Waals surface area contributed by atoms with Gasteiger partial charge in [0.2, 0.25) is 5.91 Å². The second kappa shape index (κ2) is 6.83. The van der Waals surface area contributed by atoms with E-state index in [1.165, 1.54) is 0 Å². The van der Waals surface area contributed by atoms with Crippen molar-refractivity contribution in [3.05, 3.63) is 0 Å². The number of nitrogens with one attached hydrogen (secondary N) is 1. The van der Waals surface area contributed by atoms with Gasteiger partial charge in [0, 0.05) is 24.5 Å². The van der Waals surface area contributed by atoms with Crippen molar-refractivity contribution >= 4 is 30.1 Å². The summed E-state index contributed by atoms with van der Waals surface area (Å²) in [6, 6.07) is 0. The SMILES string of the molecule is CSC(C)(C)CNC(=O)C1(N)CCOCC1.Cl. The normalized spacial score (nSPS) is 19.3. The number of amides is 1. The van der Waals surface area contributed by atoms with Crippen LogP contribution >= 0.6 is 24.2 Å². The van der Waals surface area contributed by atoms with Gasteiger partial charge in [-0.25, -0.2) is 0 Å². The van der Waals surface area contributed by atoms with Crippen molar-refractivity contribution in [2.24, 2.45) is 5.73 Å². The third-order valence-corrected chi connectivity index (χ3v) is 4.31. The smallest absolute Gasteiger partial charge is 0.240 e. The number of hydrogen-bond donors (Lipinski definition) is 2. The molecule has 1 amide bonds. The molecule has 0 radical (unpaired) electrons. The molecule has 1 saturated heterocycles. The van der Waals surface area contributed by atoms with E-state index in [0.717, 1.165) is 0 Å². The molecule has 1 aliphatic heterocycles. The molecule has 0 unspecified atom stereocenters. The maximum atomic E-state index is 12.0. The minimum absolute atomic E-state index is 0. The molecule has 0 spiro atoms. The van der Waals surface area contributed by atoms with Crippen LogP contribution in [-0.2, 0) is 9.53 Å². The summed E-state index contributed by atoms with van der Waals surface area (Å²) in [5.74, 6) is -0.0436. The monoisotopic (exact) mass is 282 g/mol. The molecule has 1 fully saturated rings. The molecular weight excluding hydrogens is 260 g/mol. The highest BCUT2D eigenvalue weighted by molar-refractivity contribution is 7.99. The molecule has 17 heavy (non-hydrogen) atoms. The lowest BCUT2D eigenvalue weighted by Gasteiger charge is -2.33. The van der Waals surface area contributed by atoms with E-state index in [1.807, 2.05) is 6.26 Å². The number of carbonyl (C=O) groups is 1. The number of halogens is 1. The second-order valence-electron chi connectivity index (χ2n) is 4.92. The zero-order valence-corrected chi connectivity index (χ0v) is 12.4. The predicted molar refractivity (Wildman–Crippen MR) is 74.8 cm³/mol. The molecular formula is C11H23ClN2O2S. The fourth-order valence-corrected chi connectivity index (χ4v) is 1.72. The van der Waals surface area contributed by atoms with E-state index in [0.29, 0.717) is 32.6 Å². The number of nitrogens with two attached hydrogens (primary N) is 1. The molecule has 0 atom stereocenters. The second-order valence-corrected chi connectivity index (χ2v) is 6.43. The van der Waals surface area contributed by atoms with Gasteiger partial charge in [0.15, 0.2) is 0 Å². The van der Waals surface area contributed by atoms with E-state index in [9.17, 15) is 4.79 Å². The summed E-state index contributed by atoms with van der Waals surface area (Å²) >= 11 is 1.73. The highest BCUT2D eigenvalue weighted by Gasteiger charge is 2.36. The van der Waals surface area contributed by atoms with Crippen molar-refractivity contribution in [1.29, 1.82) is 0 Å². The molecule has 0 aromatic heterocycles. The first kappa shape index (κ1) is 17.0. The Bertz CT molecular complexity index is 256. The summed E-state index contributed by atoms with van der Waals surface area (Å²) < 4.78 is 5.27. The van der Waals surface area contributed by atoms with Crippen molar-refractivity contribution in [2.45, 2.75) is 37.0 Å². The summed E-state index contributed by atoms with van der Waals surface area (Å²) in [6.45, 7) is 6.01. The van der Waals surface area contributed by atoms with E-state index >= 15 is 0 Å². The minimum atomic E-state index is -0.729. The van der Waals surface area contributed by atoms with Crippen molar-refractivity contribution in [1.82, 2.24) is 5.32 Å². The van der Waals surface area contributed by atoms with Crippen LogP contribution in [0, 0.1) is 0 Å². The molecule has 0 saturated carbocycles. The lowest BCUT2D eigenvalue weighted by molar-refractivity contribution is -0.129. The standard InChI is InChI=1S/C11H22N2O2S.ClH/c1-10(2,16-3)8-13-9(14)11(12)4-6-15-7-5-11;/h4-8,12H2,1-3H3,(H,13,14);1H. The lowest BCUT2D eigenvalue weighted by Crippen LogP contribution is -2.58. The Kier molecular flexibility index (Phi) is 6.84. The zero-order valence-electron chi connectivity index (χ0n) is 10.7. The molecule has 0 bridgehead atoms. The first-order chi connectivity index (χ1) is 7.40. The van der Waals surface area contributed by atoms with Crippen LogP contribution in [0.3, 0.4) is 0 Å². The molecule has 0 aromatic rings. The van der Waals surface area contributed by atoms with Gasteiger partial charge in [-0.05, 0) is 32.9 Å².